The van der Waals surface area contributed by atoms with Crippen LogP contribution in [0.2, 0.25) is 0 Å². The van der Waals surface area contributed by atoms with Gasteiger partial charge in [-0.25, -0.2) is 9.97 Å². The van der Waals surface area contributed by atoms with Gasteiger partial charge in [-0.2, -0.15) is 0 Å². The summed E-state index contributed by atoms with van der Waals surface area (Å²) in [5, 5.41) is 9.87. The minimum absolute atomic E-state index is 0.200. The SMILES string of the molecule is CCCc1cncnc1N1C[C@@H]2CCN(C)C[C@]2(C(=O)O)C1. The molecule has 2 saturated heterocycles. The lowest BCUT2D eigenvalue weighted by molar-refractivity contribution is -0.153. The molecule has 2 atom stereocenters. The summed E-state index contributed by atoms with van der Waals surface area (Å²) in [6, 6.07) is 0. The van der Waals surface area contributed by atoms with Crippen LogP contribution in [0.1, 0.15) is 25.3 Å². The van der Waals surface area contributed by atoms with Gasteiger partial charge >= 0.3 is 5.97 Å². The van der Waals surface area contributed by atoms with Gasteiger partial charge in [0.25, 0.3) is 0 Å². The number of fused-ring (bicyclic) bond motifs is 1. The van der Waals surface area contributed by atoms with Gasteiger partial charge in [0.2, 0.25) is 0 Å². The number of likely N-dealkylation sites (tertiary alicyclic amines) is 1. The molecule has 3 heterocycles. The van der Waals surface area contributed by atoms with Gasteiger partial charge in [0.05, 0.1) is 0 Å². The molecule has 3 rings (SSSR count). The van der Waals surface area contributed by atoms with Crippen LogP contribution in [-0.4, -0.2) is 59.2 Å². The maximum atomic E-state index is 12.0. The molecule has 1 N–H and O–H groups in total. The van der Waals surface area contributed by atoms with Gasteiger partial charge in [-0.3, -0.25) is 4.79 Å². The maximum absolute atomic E-state index is 12.0. The summed E-state index contributed by atoms with van der Waals surface area (Å²) in [6.45, 7) is 5.06. The fraction of sp³-hybridized carbons (Fsp3) is 0.688. The number of aromatic nitrogens is 2. The van der Waals surface area contributed by atoms with E-state index < -0.39 is 11.4 Å². The molecule has 0 amide bonds. The Kier molecular flexibility index (Phi) is 4.04. The van der Waals surface area contributed by atoms with E-state index in [4.69, 9.17) is 0 Å². The molecule has 0 bridgehead atoms. The Morgan fingerprint density at radius 2 is 2.32 bits per heavy atom. The lowest BCUT2D eigenvalue weighted by Crippen LogP contribution is -2.52. The van der Waals surface area contributed by atoms with E-state index in [0.717, 1.165) is 43.7 Å². The fourth-order valence-electron chi connectivity index (χ4n) is 4.01. The number of anilines is 1. The average molecular weight is 304 g/mol. The van der Waals surface area contributed by atoms with E-state index >= 15 is 0 Å². The van der Waals surface area contributed by atoms with Crippen molar-refractivity contribution >= 4 is 11.8 Å². The van der Waals surface area contributed by atoms with Crippen LogP contribution in [-0.2, 0) is 11.2 Å². The third-order valence-corrected chi connectivity index (χ3v) is 5.12. The van der Waals surface area contributed by atoms with Crippen molar-refractivity contribution in [3.8, 4) is 0 Å². The molecule has 2 aliphatic rings. The number of carboxylic acids is 1. The Bertz CT molecular complexity index is 565. The Balaban J connectivity index is 1.91. The molecular weight excluding hydrogens is 280 g/mol. The highest BCUT2D eigenvalue weighted by Gasteiger charge is 2.55. The van der Waals surface area contributed by atoms with Crippen molar-refractivity contribution in [2.45, 2.75) is 26.2 Å². The predicted octanol–water partition coefficient (Wildman–Crippen LogP) is 1.27. The maximum Gasteiger partial charge on any atom is 0.313 e. The predicted molar refractivity (Wildman–Crippen MR) is 83.9 cm³/mol. The van der Waals surface area contributed by atoms with E-state index in [1.54, 1.807) is 6.33 Å². The summed E-state index contributed by atoms with van der Waals surface area (Å²) >= 11 is 0. The monoisotopic (exact) mass is 304 g/mol. The summed E-state index contributed by atoms with van der Waals surface area (Å²) < 4.78 is 0. The Hall–Kier alpha value is -1.69. The van der Waals surface area contributed by atoms with Gasteiger partial charge in [-0.05, 0) is 32.4 Å². The van der Waals surface area contributed by atoms with Crippen molar-refractivity contribution in [2.75, 3.05) is 38.1 Å². The van der Waals surface area contributed by atoms with Crippen LogP contribution in [0, 0.1) is 11.3 Å². The largest absolute Gasteiger partial charge is 0.481 e. The van der Waals surface area contributed by atoms with Crippen LogP contribution < -0.4 is 4.90 Å². The molecule has 6 nitrogen and oxygen atoms in total. The standard InChI is InChI=1S/C16H24N4O2/c1-3-4-12-7-17-11-18-14(12)20-8-13-5-6-19(2)9-16(13,10-20)15(21)22/h7,11,13H,3-6,8-10H2,1-2H3,(H,21,22)/t13-,16-/m0/s1. The summed E-state index contributed by atoms with van der Waals surface area (Å²) in [7, 11) is 2.01. The van der Waals surface area contributed by atoms with Crippen molar-refractivity contribution in [2.24, 2.45) is 11.3 Å². The van der Waals surface area contributed by atoms with E-state index in [9.17, 15) is 9.90 Å². The highest BCUT2D eigenvalue weighted by atomic mass is 16.4. The molecular formula is C16H24N4O2. The molecule has 0 aliphatic carbocycles. The van der Waals surface area contributed by atoms with E-state index in [1.807, 2.05) is 13.2 Å². The number of aryl methyl sites for hydroxylation is 1. The van der Waals surface area contributed by atoms with Crippen molar-refractivity contribution in [1.29, 1.82) is 0 Å². The van der Waals surface area contributed by atoms with E-state index in [1.165, 1.54) is 0 Å². The first-order valence-electron chi connectivity index (χ1n) is 8.02. The van der Waals surface area contributed by atoms with Crippen LogP contribution in [0.5, 0.6) is 0 Å². The normalized spacial score (nSPS) is 28.6. The zero-order valence-corrected chi connectivity index (χ0v) is 13.3. The molecule has 0 radical (unpaired) electrons. The smallest absolute Gasteiger partial charge is 0.313 e. The van der Waals surface area contributed by atoms with Crippen molar-refractivity contribution in [1.82, 2.24) is 14.9 Å². The number of hydrogen-bond acceptors (Lipinski definition) is 5. The number of hydrogen-bond donors (Lipinski definition) is 1. The molecule has 2 aliphatic heterocycles. The topological polar surface area (TPSA) is 69.6 Å². The highest BCUT2D eigenvalue weighted by molar-refractivity contribution is 5.78. The van der Waals surface area contributed by atoms with Crippen LogP contribution in [0.15, 0.2) is 12.5 Å². The van der Waals surface area contributed by atoms with Crippen LogP contribution in [0.25, 0.3) is 0 Å². The Morgan fingerprint density at radius 3 is 3.05 bits per heavy atom. The molecule has 0 aromatic carbocycles. The van der Waals surface area contributed by atoms with Crippen molar-refractivity contribution in [3.63, 3.8) is 0 Å². The molecule has 0 unspecified atom stereocenters. The first kappa shape index (κ1) is 15.2. The van der Waals surface area contributed by atoms with Crippen molar-refractivity contribution in [3.05, 3.63) is 18.1 Å². The number of piperidine rings is 1. The minimum atomic E-state index is -0.669. The van der Waals surface area contributed by atoms with Gasteiger partial charge in [0, 0.05) is 31.4 Å². The number of aliphatic carboxylic acids is 1. The quantitative estimate of drug-likeness (QED) is 0.903. The van der Waals surface area contributed by atoms with Crippen LogP contribution in [0.3, 0.4) is 0 Å². The summed E-state index contributed by atoms with van der Waals surface area (Å²) in [4.78, 5) is 24.9. The number of carbonyl (C=O) groups is 1. The molecule has 1 aromatic rings. The number of rotatable bonds is 4. The summed E-state index contributed by atoms with van der Waals surface area (Å²) in [5.74, 6) is 0.456. The summed E-state index contributed by atoms with van der Waals surface area (Å²) in [5.41, 5.74) is 0.457. The minimum Gasteiger partial charge on any atom is -0.481 e. The highest BCUT2D eigenvalue weighted by Crippen LogP contribution is 2.43. The Morgan fingerprint density at radius 1 is 1.50 bits per heavy atom. The molecule has 120 valence electrons. The Labute approximate surface area is 131 Å². The number of carboxylic acid groups (broad SMARTS) is 1. The van der Waals surface area contributed by atoms with Gasteiger partial charge < -0.3 is 14.9 Å². The summed E-state index contributed by atoms with van der Waals surface area (Å²) in [6.07, 6.45) is 6.33. The third-order valence-electron chi connectivity index (χ3n) is 5.12. The second-order valence-electron chi connectivity index (χ2n) is 6.69. The molecule has 2 fully saturated rings. The van der Waals surface area contributed by atoms with Gasteiger partial charge in [-0.15, -0.1) is 0 Å². The van der Waals surface area contributed by atoms with Crippen LogP contribution >= 0.6 is 0 Å². The second kappa shape index (κ2) is 5.83. The van der Waals surface area contributed by atoms with E-state index in [-0.39, 0.29) is 5.92 Å². The molecule has 22 heavy (non-hydrogen) atoms. The first-order chi connectivity index (χ1) is 10.6. The molecule has 0 spiro atoms. The first-order valence-corrected chi connectivity index (χ1v) is 8.02. The second-order valence-corrected chi connectivity index (χ2v) is 6.69. The fourth-order valence-corrected chi connectivity index (χ4v) is 4.01. The van der Waals surface area contributed by atoms with Gasteiger partial charge in [0.15, 0.2) is 0 Å². The molecule has 6 heteroatoms. The van der Waals surface area contributed by atoms with E-state index in [0.29, 0.717) is 13.1 Å². The zero-order valence-electron chi connectivity index (χ0n) is 13.3. The van der Waals surface area contributed by atoms with E-state index in [2.05, 4.69) is 26.7 Å². The van der Waals surface area contributed by atoms with Crippen LogP contribution in [0.4, 0.5) is 5.82 Å². The molecule has 1 aromatic heterocycles. The van der Waals surface area contributed by atoms with Gasteiger partial charge in [0.1, 0.15) is 17.6 Å². The molecule has 0 saturated carbocycles. The lowest BCUT2D eigenvalue weighted by Gasteiger charge is -2.39. The zero-order chi connectivity index (χ0) is 15.7. The third kappa shape index (κ3) is 2.45. The lowest BCUT2D eigenvalue weighted by atomic mass is 9.73. The number of nitrogens with zero attached hydrogens (tertiary/aromatic N) is 4. The van der Waals surface area contributed by atoms with Gasteiger partial charge in [-0.1, -0.05) is 13.3 Å². The average Bonchev–Trinajstić information content (AvgIpc) is 2.88. The van der Waals surface area contributed by atoms with Crippen molar-refractivity contribution < 1.29 is 9.90 Å².